The Morgan fingerprint density at radius 2 is 2.38 bits per heavy atom. The van der Waals surface area contributed by atoms with Gasteiger partial charge in [-0.2, -0.15) is 0 Å². The van der Waals surface area contributed by atoms with Crippen molar-refractivity contribution in [3.8, 4) is 0 Å². The Balaban J connectivity index is 2.24. The van der Waals surface area contributed by atoms with Crippen LogP contribution < -0.4 is 5.32 Å². The van der Waals surface area contributed by atoms with E-state index in [1.54, 1.807) is 0 Å². The van der Waals surface area contributed by atoms with E-state index < -0.39 is 5.97 Å². The molecule has 0 aliphatic carbocycles. The van der Waals surface area contributed by atoms with Gasteiger partial charge in [-0.05, 0) is 25.5 Å². The maximum Gasteiger partial charge on any atom is 0.338 e. The zero-order valence-corrected chi connectivity index (χ0v) is 9.27. The minimum Gasteiger partial charge on any atom is -0.478 e. The smallest absolute Gasteiger partial charge is 0.338 e. The lowest BCUT2D eigenvalue weighted by atomic mass is 10.2. The molecule has 0 radical (unpaired) electrons. The molecule has 0 fully saturated rings. The van der Waals surface area contributed by atoms with Gasteiger partial charge in [0.1, 0.15) is 12.0 Å². The number of hydrogen-bond acceptors (Lipinski definition) is 4. The Morgan fingerprint density at radius 3 is 2.94 bits per heavy atom. The van der Waals surface area contributed by atoms with Crippen molar-refractivity contribution < 1.29 is 19.4 Å². The van der Waals surface area contributed by atoms with Crippen molar-refractivity contribution in [1.29, 1.82) is 0 Å². The average Bonchev–Trinajstić information content (AvgIpc) is 2.72. The van der Waals surface area contributed by atoms with Crippen LogP contribution >= 0.6 is 0 Å². The fourth-order valence-corrected chi connectivity index (χ4v) is 1.27. The highest BCUT2D eigenvalue weighted by Gasteiger charge is 2.07. The van der Waals surface area contributed by atoms with E-state index in [-0.39, 0.29) is 11.7 Å². The van der Waals surface area contributed by atoms with E-state index in [0.29, 0.717) is 25.3 Å². The molecular weight excluding hydrogens is 210 g/mol. The van der Waals surface area contributed by atoms with Gasteiger partial charge in [0, 0.05) is 0 Å². The summed E-state index contributed by atoms with van der Waals surface area (Å²) < 4.78 is 5.05. The minimum absolute atomic E-state index is 0.158. The number of rotatable bonds is 7. The lowest BCUT2D eigenvalue weighted by Crippen LogP contribution is -2.19. The van der Waals surface area contributed by atoms with Gasteiger partial charge in [0.2, 0.25) is 0 Å². The zero-order chi connectivity index (χ0) is 12.0. The second kappa shape index (κ2) is 6.30. The van der Waals surface area contributed by atoms with Crippen LogP contribution in [0, 0.1) is 0 Å². The molecule has 1 aromatic heterocycles. The molecule has 16 heavy (non-hydrogen) atoms. The van der Waals surface area contributed by atoms with Crippen molar-refractivity contribution in [3.63, 3.8) is 0 Å². The number of hydrogen-bond donors (Lipinski definition) is 3. The predicted molar refractivity (Wildman–Crippen MR) is 58.3 cm³/mol. The molecule has 1 atom stereocenters. The van der Waals surface area contributed by atoms with Crippen LogP contribution in [0.25, 0.3) is 0 Å². The molecule has 0 aliphatic rings. The van der Waals surface area contributed by atoms with Gasteiger partial charge in [-0.3, -0.25) is 0 Å². The first-order valence-corrected chi connectivity index (χ1v) is 5.33. The lowest BCUT2D eigenvalue weighted by Gasteiger charge is -2.07. The van der Waals surface area contributed by atoms with E-state index in [9.17, 15) is 9.90 Å². The highest BCUT2D eigenvalue weighted by molar-refractivity contribution is 5.87. The number of aliphatic hydroxyl groups is 1. The quantitative estimate of drug-likeness (QED) is 0.610. The number of nitrogens with one attached hydrogen (secondary N) is 1. The van der Waals surface area contributed by atoms with Gasteiger partial charge < -0.3 is 19.9 Å². The van der Waals surface area contributed by atoms with E-state index >= 15 is 0 Å². The summed E-state index contributed by atoms with van der Waals surface area (Å²) in [5, 5.41) is 21.0. The molecule has 0 spiro atoms. The molecular formula is C11H17NO4. The van der Waals surface area contributed by atoms with Crippen molar-refractivity contribution in [3.05, 3.63) is 23.7 Å². The topological polar surface area (TPSA) is 82.7 Å². The summed E-state index contributed by atoms with van der Waals surface area (Å²) in [5.41, 5.74) is 0.158. The molecule has 1 aromatic rings. The summed E-state index contributed by atoms with van der Waals surface area (Å²) in [6.07, 6.45) is 2.37. The third-order valence-electron chi connectivity index (χ3n) is 2.33. The summed E-state index contributed by atoms with van der Waals surface area (Å²) in [7, 11) is 0. The van der Waals surface area contributed by atoms with Crippen LogP contribution in [-0.4, -0.2) is 28.8 Å². The molecule has 0 aliphatic heterocycles. The lowest BCUT2D eigenvalue weighted by molar-refractivity contribution is 0.0696. The molecule has 0 saturated heterocycles. The maximum atomic E-state index is 10.6. The summed E-state index contributed by atoms with van der Waals surface area (Å²) in [6.45, 7) is 3.08. The number of aromatic carboxylic acids is 1. The van der Waals surface area contributed by atoms with E-state index in [0.717, 1.165) is 6.42 Å². The molecule has 0 aromatic carbocycles. The Bertz CT molecular complexity index is 334. The van der Waals surface area contributed by atoms with Gasteiger partial charge in [-0.25, -0.2) is 4.79 Å². The monoisotopic (exact) mass is 227 g/mol. The van der Waals surface area contributed by atoms with Crippen molar-refractivity contribution in [2.24, 2.45) is 0 Å². The third kappa shape index (κ3) is 4.04. The molecule has 0 amide bonds. The van der Waals surface area contributed by atoms with Gasteiger partial charge in [-0.1, -0.05) is 6.92 Å². The van der Waals surface area contributed by atoms with Gasteiger partial charge in [0.05, 0.1) is 18.2 Å². The average molecular weight is 227 g/mol. The van der Waals surface area contributed by atoms with Crippen LogP contribution in [0.4, 0.5) is 0 Å². The van der Waals surface area contributed by atoms with E-state index in [1.807, 2.05) is 6.92 Å². The molecule has 5 nitrogen and oxygen atoms in total. The summed E-state index contributed by atoms with van der Waals surface area (Å²) >= 11 is 0. The highest BCUT2D eigenvalue weighted by Crippen LogP contribution is 2.07. The Morgan fingerprint density at radius 1 is 1.62 bits per heavy atom. The molecule has 0 saturated carbocycles. The van der Waals surface area contributed by atoms with Crippen molar-refractivity contribution in [1.82, 2.24) is 5.32 Å². The van der Waals surface area contributed by atoms with Crippen LogP contribution in [0.5, 0.6) is 0 Å². The molecule has 0 bridgehead atoms. The van der Waals surface area contributed by atoms with Crippen LogP contribution in [-0.2, 0) is 6.54 Å². The van der Waals surface area contributed by atoms with Crippen LogP contribution in [0.15, 0.2) is 16.7 Å². The normalized spacial score (nSPS) is 12.6. The maximum absolute atomic E-state index is 10.6. The largest absolute Gasteiger partial charge is 0.478 e. The number of carbonyl (C=O) groups is 1. The number of carboxylic acids is 1. The second-order valence-electron chi connectivity index (χ2n) is 3.63. The van der Waals surface area contributed by atoms with Crippen molar-refractivity contribution in [2.75, 3.05) is 6.54 Å². The first-order chi connectivity index (χ1) is 7.63. The SMILES string of the molecule is CCC(O)CCNCc1cc(C(=O)O)co1. The van der Waals surface area contributed by atoms with Crippen molar-refractivity contribution in [2.45, 2.75) is 32.4 Å². The first-order valence-electron chi connectivity index (χ1n) is 5.33. The molecule has 1 unspecified atom stereocenters. The summed E-state index contributed by atoms with van der Waals surface area (Å²) in [6, 6.07) is 1.49. The van der Waals surface area contributed by atoms with Gasteiger partial charge in [0.15, 0.2) is 0 Å². The molecule has 1 heterocycles. The van der Waals surface area contributed by atoms with Crippen LogP contribution in [0.1, 0.15) is 35.9 Å². The second-order valence-corrected chi connectivity index (χ2v) is 3.63. The molecule has 3 N–H and O–H groups in total. The van der Waals surface area contributed by atoms with E-state index in [1.165, 1.54) is 12.3 Å². The molecule has 5 heteroatoms. The Hall–Kier alpha value is -1.33. The minimum atomic E-state index is -0.989. The standard InChI is InChI=1S/C11H17NO4/c1-2-9(13)3-4-12-6-10-5-8(7-16-10)11(14)15/h5,7,9,12-13H,2-4,6H2,1H3,(H,14,15). The van der Waals surface area contributed by atoms with Crippen LogP contribution in [0.3, 0.4) is 0 Å². The summed E-state index contributed by atoms with van der Waals surface area (Å²) in [4.78, 5) is 10.6. The van der Waals surface area contributed by atoms with Crippen molar-refractivity contribution >= 4 is 5.97 Å². The fraction of sp³-hybridized carbons (Fsp3) is 0.545. The van der Waals surface area contributed by atoms with E-state index in [2.05, 4.69) is 5.32 Å². The third-order valence-corrected chi connectivity index (χ3v) is 2.33. The predicted octanol–water partition coefficient (Wildman–Crippen LogP) is 1.23. The van der Waals surface area contributed by atoms with Crippen LogP contribution in [0.2, 0.25) is 0 Å². The summed E-state index contributed by atoms with van der Waals surface area (Å²) in [5.74, 6) is -0.403. The van der Waals surface area contributed by atoms with Gasteiger partial charge >= 0.3 is 5.97 Å². The number of furan rings is 1. The zero-order valence-electron chi connectivity index (χ0n) is 9.27. The Labute approximate surface area is 94.1 Å². The van der Waals surface area contributed by atoms with Gasteiger partial charge in [-0.15, -0.1) is 0 Å². The van der Waals surface area contributed by atoms with E-state index in [4.69, 9.17) is 9.52 Å². The highest BCUT2D eigenvalue weighted by atomic mass is 16.4. The fourth-order valence-electron chi connectivity index (χ4n) is 1.27. The number of aliphatic hydroxyl groups excluding tert-OH is 1. The van der Waals surface area contributed by atoms with Gasteiger partial charge in [0.25, 0.3) is 0 Å². The first kappa shape index (κ1) is 12.7. The molecule has 90 valence electrons. The number of carboxylic acid groups (broad SMARTS) is 1. The Kier molecular flexibility index (Phi) is 5.01. The molecule has 1 rings (SSSR count).